The molecule has 37 heavy (non-hydrogen) atoms. The van der Waals surface area contributed by atoms with Gasteiger partial charge in [0, 0.05) is 10.6 Å². The number of benzene rings is 2. The molecule has 3 aromatic rings. The molecule has 1 fully saturated rings. The molecule has 1 aromatic heterocycles. The molecule has 0 saturated carbocycles. The molecule has 1 aliphatic heterocycles. The summed E-state index contributed by atoms with van der Waals surface area (Å²) in [6, 6.07) is 13.6. The van der Waals surface area contributed by atoms with Crippen molar-refractivity contribution < 1.29 is 23.8 Å². The predicted molar refractivity (Wildman–Crippen MR) is 146 cm³/mol. The SMILES string of the molecule is COc1cc(/C=N/N=C2\S/C(=C\c3cc(Cl)ccc3O)C(=O)N2Cc2ccco2)ccc1OCC(C)C. The van der Waals surface area contributed by atoms with E-state index in [4.69, 9.17) is 25.5 Å². The summed E-state index contributed by atoms with van der Waals surface area (Å²) in [6.07, 6.45) is 4.69. The van der Waals surface area contributed by atoms with Gasteiger partial charge >= 0.3 is 0 Å². The monoisotopic (exact) mass is 539 g/mol. The molecule has 8 nitrogen and oxygen atoms in total. The number of thioether (sulfide) groups is 1. The van der Waals surface area contributed by atoms with Crippen LogP contribution in [0.2, 0.25) is 5.02 Å². The van der Waals surface area contributed by atoms with E-state index in [-0.39, 0.29) is 18.2 Å². The largest absolute Gasteiger partial charge is 0.507 e. The molecule has 0 atom stereocenters. The number of furan rings is 1. The number of phenols is 1. The smallest absolute Gasteiger partial charge is 0.267 e. The molecule has 1 aliphatic rings. The van der Waals surface area contributed by atoms with Gasteiger partial charge in [-0.25, -0.2) is 0 Å². The standard InChI is InChI=1S/C27H26ClN3O5S/c1-17(2)16-36-23-9-6-18(11-24(23)34-3)14-29-30-27-31(15-21-5-4-10-35-21)26(33)25(37-27)13-19-12-20(28)7-8-22(19)32/h4-14,17,32H,15-16H2,1-3H3/b25-13-,29-14+,30-27-. The first-order valence-electron chi connectivity index (χ1n) is 11.5. The van der Waals surface area contributed by atoms with Crippen LogP contribution in [-0.2, 0) is 11.3 Å². The second-order valence-corrected chi connectivity index (χ2v) is 9.97. The van der Waals surface area contributed by atoms with E-state index in [1.807, 2.05) is 12.1 Å². The van der Waals surface area contributed by atoms with Crippen LogP contribution in [0.5, 0.6) is 17.2 Å². The van der Waals surface area contributed by atoms with Gasteiger partial charge in [0.25, 0.3) is 5.91 Å². The second kappa shape index (κ2) is 12.0. The molecule has 2 aromatic carbocycles. The van der Waals surface area contributed by atoms with Gasteiger partial charge in [-0.3, -0.25) is 9.69 Å². The Kier molecular flexibility index (Phi) is 8.58. The van der Waals surface area contributed by atoms with E-state index in [2.05, 4.69) is 24.1 Å². The zero-order valence-electron chi connectivity index (χ0n) is 20.6. The van der Waals surface area contributed by atoms with Crippen molar-refractivity contribution in [2.45, 2.75) is 20.4 Å². The third-order valence-corrected chi connectivity index (χ3v) is 6.40. The number of nitrogens with zero attached hydrogens (tertiary/aromatic N) is 3. The van der Waals surface area contributed by atoms with Crippen LogP contribution in [0, 0.1) is 5.92 Å². The molecular formula is C27H26ClN3O5S. The maximum Gasteiger partial charge on any atom is 0.267 e. The number of halogens is 1. The fraction of sp³-hybridized carbons (Fsp3) is 0.222. The maximum absolute atomic E-state index is 13.2. The number of carbonyl (C=O) groups is 1. The highest BCUT2D eigenvalue weighted by Gasteiger charge is 2.34. The van der Waals surface area contributed by atoms with Gasteiger partial charge in [-0.1, -0.05) is 25.4 Å². The average molecular weight is 540 g/mol. The van der Waals surface area contributed by atoms with Crippen LogP contribution >= 0.6 is 23.4 Å². The lowest BCUT2D eigenvalue weighted by atomic mass is 10.2. The lowest BCUT2D eigenvalue weighted by Gasteiger charge is -2.13. The quantitative estimate of drug-likeness (QED) is 0.198. The topological polar surface area (TPSA) is 96.9 Å². The molecule has 1 saturated heterocycles. The average Bonchev–Trinajstić information content (AvgIpc) is 3.49. The first-order chi connectivity index (χ1) is 17.8. The Morgan fingerprint density at radius 1 is 1.19 bits per heavy atom. The van der Waals surface area contributed by atoms with Crippen molar-refractivity contribution in [1.29, 1.82) is 0 Å². The lowest BCUT2D eigenvalue weighted by Crippen LogP contribution is -2.28. The van der Waals surface area contributed by atoms with E-state index in [0.717, 1.165) is 17.3 Å². The van der Waals surface area contributed by atoms with Gasteiger partial charge in [0.05, 0.1) is 37.6 Å². The summed E-state index contributed by atoms with van der Waals surface area (Å²) in [4.78, 5) is 15.1. The highest BCUT2D eigenvalue weighted by atomic mass is 35.5. The molecular weight excluding hydrogens is 514 g/mol. The molecule has 4 rings (SSSR count). The van der Waals surface area contributed by atoms with E-state index in [0.29, 0.717) is 50.4 Å². The van der Waals surface area contributed by atoms with Crippen LogP contribution < -0.4 is 9.47 Å². The maximum atomic E-state index is 13.2. The van der Waals surface area contributed by atoms with E-state index in [1.54, 1.807) is 56.0 Å². The van der Waals surface area contributed by atoms with Crippen LogP contribution in [0.3, 0.4) is 0 Å². The minimum absolute atomic E-state index is 0.0149. The van der Waals surface area contributed by atoms with E-state index >= 15 is 0 Å². The Balaban J connectivity index is 1.59. The van der Waals surface area contributed by atoms with Crippen molar-refractivity contribution >= 4 is 46.7 Å². The summed E-state index contributed by atoms with van der Waals surface area (Å²) in [7, 11) is 1.58. The van der Waals surface area contributed by atoms with E-state index < -0.39 is 0 Å². The summed E-state index contributed by atoms with van der Waals surface area (Å²) >= 11 is 7.21. The Labute approximate surface area is 224 Å². The van der Waals surface area contributed by atoms with Crippen LogP contribution in [0.25, 0.3) is 6.08 Å². The highest BCUT2D eigenvalue weighted by molar-refractivity contribution is 8.18. The molecule has 1 N–H and O–H groups in total. The zero-order chi connectivity index (χ0) is 26.4. The van der Waals surface area contributed by atoms with Gasteiger partial charge in [0.2, 0.25) is 0 Å². The Bertz CT molecular complexity index is 1350. The van der Waals surface area contributed by atoms with Crippen LogP contribution in [0.4, 0.5) is 0 Å². The molecule has 0 bridgehead atoms. The number of methoxy groups -OCH3 is 1. The molecule has 10 heteroatoms. The number of hydrogen-bond donors (Lipinski definition) is 1. The number of amidine groups is 1. The van der Waals surface area contributed by atoms with Gasteiger partial charge in [-0.05, 0) is 77.9 Å². The molecule has 1 amide bonds. The van der Waals surface area contributed by atoms with Crippen molar-refractivity contribution in [3.05, 3.63) is 81.6 Å². The van der Waals surface area contributed by atoms with Crippen molar-refractivity contribution in [3.8, 4) is 17.2 Å². The molecule has 0 aliphatic carbocycles. The van der Waals surface area contributed by atoms with Crippen molar-refractivity contribution in [1.82, 2.24) is 4.90 Å². The van der Waals surface area contributed by atoms with Crippen molar-refractivity contribution in [3.63, 3.8) is 0 Å². The van der Waals surface area contributed by atoms with Crippen LogP contribution in [0.1, 0.15) is 30.7 Å². The Morgan fingerprint density at radius 2 is 2.03 bits per heavy atom. The normalized spacial score (nSPS) is 16.0. The first kappa shape index (κ1) is 26.4. The fourth-order valence-electron chi connectivity index (χ4n) is 3.35. The minimum Gasteiger partial charge on any atom is -0.507 e. The molecule has 192 valence electrons. The molecule has 0 spiro atoms. The van der Waals surface area contributed by atoms with Crippen LogP contribution in [0.15, 0.2) is 74.3 Å². The number of carbonyl (C=O) groups excluding carboxylic acids is 1. The summed E-state index contributed by atoms with van der Waals surface area (Å²) in [5.74, 6) is 1.96. The van der Waals surface area contributed by atoms with Gasteiger partial charge in [-0.2, -0.15) is 5.10 Å². The number of aromatic hydroxyl groups is 1. The summed E-state index contributed by atoms with van der Waals surface area (Å²) in [5, 5.41) is 19.5. The van der Waals surface area contributed by atoms with Crippen molar-refractivity contribution in [2.75, 3.05) is 13.7 Å². The van der Waals surface area contributed by atoms with Crippen LogP contribution in [-0.4, -0.2) is 41.0 Å². The minimum atomic E-state index is -0.289. The Hall–Kier alpha value is -3.69. The number of ether oxygens (including phenoxy) is 2. The van der Waals surface area contributed by atoms with E-state index in [9.17, 15) is 9.90 Å². The number of phenolic OH excluding ortho intramolecular Hbond substituents is 1. The third-order valence-electron chi connectivity index (χ3n) is 5.17. The third kappa shape index (κ3) is 6.75. The highest BCUT2D eigenvalue weighted by Crippen LogP contribution is 2.36. The number of hydrogen-bond acceptors (Lipinski definition) is 8. The zero-order valence-corrected chi connectivity index (χ0v) is 22.1. The predicted octanol–water partition coefficient (Wildman–Crippen LogP) is 6.19. The molecule has 0 radical (unpaired) electrons. The molecule has 0 unspecified atom stereocenters. The number of rotatable bonds is 9. The lowest BCUT2D eigenvalue weighted by molar-refractivity contribution is -0.122. The summed E-state index contributed by atoms with van der Waals surface area (Å²) in [6.45, 7) is 4.91. The van der Waals surface area contributed by atoms with Gasteiger partial charge < -0.3 is 19.0 Å². The second-order valence-electron chi connectivity index (χ2n) is 8.53. The van der Waals surface area contributed by atoms with Gasteiger partial charge in [0.1, 0.15) is 11.5 Å². The number of amides is 1. The Morgan fingerprint density at radius 3 is 2.76 bits per heavy atom. The first-order valence-corrected chi connectivity index (χ1v) is 12.7. The van der Waals surface area contributed by atoms with E-state index in [1.165, 1.54) is 11.0 Å². The van der Waals surface area contributed by atoms with Crippen molar-refractivity contribution in [2.24, 2.45) is 16.1 Å². The summed E-state index contributed by atoms with van der Waals surface area (Å²) < 4.78 is 16.7. The molecule has 2 heterocycles. The summed E-state index contributed by atoms with van der Waals surface area (Å²) in [5.41, 5.74) is 1.18. The van der Waals surface area contributed by atoms with Gasteiger partial charge in [-0.15, -0.1) is 5.10 Å². The van der Waals surface area contributed by atoms with Gasteiger partial charge in [0.15, 0.2) is 16.7 Å². The fourth-order valence-corrected chi connectivity index (χ4v) is 4.45.